The molecule has 2 aromatic heterocycles. The smallest absolute Gasteiger partial charge is 0.0995 e. The predicted molar refractivity (Wildman–Crippen MR) is 59.6 cm³/mol. The van der Waals surface area contributed by atoms with Gasteiger partial charge < -0.3 is 9.51 Å². The molecule has 15 heavy (non-hydrogen) atoms. The number of rotatable bonds is 1. The van der Waals surface area contributed by atoms with Crippen molar-refractivity contribution in [2.45, 2.75) is 26.9 Å². The molecule has 1 atom stereocenters. The Labute approximate surface area is 89.4 Å². The van der Waals surface area contributed by atoms with Gasteiger partial charge in [-0.05, 0) is 17.5 Å². The number of imidazole rings is 1. The highest BCUT2D eigenvalue weighted by atomic mass is 16.3. The fraction of sp³-hybridized carbons (Fsp3) is 0.417. The number of fused-ring (bicyclic) bond motifs is 1. The highest BCUT2D eigenvalue weighted by molar-refractivity contribution is 5.46. The van der Waals surface area contributed by atoms with Gasteiger partial charge in [0.1, 0.15) is 0 Å². The van der Waals surface area contributed by atoms with Crippen LogP contribution in [0.1, 0.15) is 32.6 Å². The molecule has 80 valence electrons. The van der Waals surface area contributed by atoms with E-state index in [0.29, 0.717) is 0 Å². The van der Waals surface area contributed by atoms with E-state index in [-0.39, 0.29) is 5.41 Å². The minimum absolute atomic E-state index is 0.168. The van der Waals surface area contributed by atoms with Gasteiger partial charge in [-0.1, -0.05) is 26.8 Å². The van der Waals surface area contributed by atoms with Gasteiger partial charge in [0.2, 0.25) is 0 Å². The lowest BCUT2D eigenvalue weighted by Crippen LogP contribution is -2.20. The molecule has 0 amide bonds. The highest BCUT2D eigenvalue weighted by Gasteiger charge is 2.25. The Kier molecular flexibility index (Phi) is 2.27. The van der Waals surface area contributed by atoms with E-state index >= 15 is 0 Å². The zero-order chi connectivity index (χ0) is 11.1. The second-order valence-corrected chi connectivity index (χ2v) is 4.91. The first-order valence-electron chi connectivity index (χ1n) is 5.09. The molecule has 2 aromatic rings. The van der Waals surface area contributed by atoms with Crippen molar-refractivity contribution in [2.75, 3.05) is 0 Å². The molecule has 1 N–H and O–H groups in total. The van der Waals surface area contributed by atoms with Gasteiger partial charge in [-0.2, -0.15) is 0 Å². The lowest BCUT2D eigenvalue weighted by molar-refractivity contribution is 0.0579. The maximum Gasteiger partial charge on any atom is 0.0995 e. The number of hydrogen-bond donors (Lipinski definition) is 1. The molecular formula is C12H16N2O. The number of aromatic nitrogens is 2. The topological polar surface area (TPSA) is 37.5 Å². The molecule has 0 aliphatic rings. The second kappa shape index (κ2) is 3.35. The molecule has 1 unspecified atom stereocenters. The van der Waals surface area contributed by atoms with Crippen molar-refractivity contribution in [3.8, 4) is 0 Å². The summed E-state index contributed by atoms with van der Waals surface area (Å²) in [6, 6.07) is 5.86. The molecule has 0 aromatic carbocycles. The number of hydrogen-bond acceptors (Lipinski definition) is 2. The Morgan fingerprint density at radius 1 is 1.33 bits per heavy atom. The van der Waals surface area contributed by atoms with Gasteiger partial charge in [-0.15, -0.1) is 0 Å². The minimum atomic E-state index is -0.490. The predicted octanol–water partition coefficient (Wildman–Crippen LogP) is 2.41. The largest absolute Gasteiger partial charge is 0.386 e. The third-order valence-corrected chi connectivity index (χ3v) is 2.58. The Bertz CT molecular complexity index is 468. The fourth-order valence-electron chi connectivity index (χ4n) is 1.64. The first-order chi connectivity index (χ1) is 7.00. The van der Waals surface area contributed by atoms with E-state index in [4.69, 9.17) is 0 Å². The van der Waals surface area contributed by atoms with Crippen LogP contribution in [0, 0.1) is 5.41 Å². The van der Waals surface area contributed by atoms with Gasteiger partial charge in [-0.25, -0.2) is 4.98 Å². The van der Waals surface area contributed by atoms with Crippen molar-refractivity contribution < 1.29 is 5.11 Å². The van der Waals surface area contributed by atoms with Crippen LogP contribution in [-0.4, -0.2) is 14.5 Å². The standard InChI is InChI=1S/C12H16N2O/c1-12(2,3)11(15)10-6-4-5-9-7-13-8-14(9)10/h4-8,11,15H,1-3H3. The summed E-state index contributed by atoms with van der Waals surface area (Å²) in [5.74, 6) is 0. The van der Waals surface area contributed by atoms with Crippen molar-refractivity contribution in [1.29, 1.82) is 0 Å². The van der Waals surface area contributed by atoms with Crippen molar-refractivity contribution in [2.24, 2.45) is 5.41 Å². The minimum Gasteiger partial charge on any atom is -0.386 e. The van der Waals surface area contributed by atoms with E-state index < -0.39 is 6.10 Å². The van der Waals surface area contributed by atoms with E-state index in [1.165, 1.54) is 0 Å². The zero-order valence-corrected chi connectivity index (χ0v) is 9.31. The monoisotopic (exact) mass is 204 g/mol. The van der Waals surface area contributed by atoms with E-state index in [0.717, 1.165) is 11.2 Å². The van der Waals surface area contributed by atoms with Gasteiger partial charge >= 0.3 is 0 Å². The first kappa shape index (κ1) is 10.2. The number of aliphatic hydroxyl groups excluding tert-OH is 1. The van der Waals surface area contributed by atoms with Crippen molar-refractivity contribution in [1.82, 2.24) is 9.38 Å². The van der Waals surface area contributed by atoms with Gasteiger partial charge in [-0.3, -0.25) is 0 Å². The summed E-state index contributed by atoms with van der Waals surface area (Å²) in [4.78, 5) is 4.08. The molecule has 2 rings (SSSR count). The lowest BCUT2D eigenvalue weighted by Gasteiger charge is -2.26. The van der Waals surface area contributed by atoms with Crippen molar-refractivity contribution >= 4 is 5.52 Å². The third-order valence-electron chi connectivity index (χ3n) is 2.58. The van der Waals surface area contributed by atoms with Crippen molar-refractivity contribution in [3.05, 3.63) is 36.4 Å². The summed E-state index contributed by atoms with van der Waals surface area (Å²) in [6.45, 7) is 6.06. The first-order valence-corrected chi connectivity index (χ1v) is 5.09. The molecule has 3 heteroatoms. The summed E-state index contributed by atoms with van der Waals surface area (Å²) in [7, 11) is 0. The highest BCUT2D eigenvalue weighted by Crippen LogP contribution is 2.32. The Morgan fingerprint density at radius 2 is 2.07 bits per heavy atom. The summed E-state index contributed by atoms with van der Waals surface area (Å²) in [6.07, 6.45) is 3.04. The van der Waals surface area contributed by atoms with Crippen LogP contribution in [0.25, 0.3) is 5.52 Å². The van der Waals surface area contributed by atoms with E-state index in [9.17, 15) is 5.11 Å². The van der Waals surface area contributed by atoms with Gasteiger partial charge in [0.15, 0.2) is 0 Å². The van der Waals surface area contributed by atoms with Gasteiger partial charge in [0.25, 0.3) is 0 Å². The average molecular weight is 204 g/mol. The molecule has 3 nitrogen and oxygen atoms in total. The second-order valence-electron chi connectivity index (χ2n) is 4.91. The molecule has 0 bridgehead atoms. The lowest BCUT2D eigenvalue weighted by atomic mass is 9.87. The molecule has 0 fully saturated rings. The van der Waals surface area contributed by atoms with Crippen LogP contribution in [0.5, 0.6) is 0 Å². The molecule has 0 aliphatic heterocycles. The van der Waals surface area contributed by atoms with Crippen LogP contribution < -0.4 is 0 Å². The Morgan fingerprint density at radius 3 is 2.73 bits per heavy atom. The van der Waals surface area contributed by atoms with Gasteiger partial charge in [0.05, 0.1) is 29.8 Å². The zero-order valence-electron chi connectivity index (χ0n) is 9.31. The van der Waals surface area contributed by atoms with Gasteiger partial charge in [0, 0.05) is 0 Å². The van der Waals surface area contributed by atoms with Crippen LogP contribution in [-0.2, 0) is 0 Å². The number of nitrogens with zero attached hydrogens (tertiary/aromatic N) is 2. The van der Waals surface area contributed by atoms with Crippen molar-refractivity contribution in [3.63, 3.8) is 0 Å². The average Bonchev–Trinajstić information content (AvgIpc) is 2.62. The van der Waals surface area contributed by atoms with Crippen LogP contribution in [0.2, 0.25) is 0 Å². The third kappa shape index (κ3) is 1.75. The molecule has 0 radical (unpaired) electrons. The Balaban J connectivity index is 2.56. The van der Waals surface area contributed by atoms with Crippen LogP contribution in [0.4, 0.5) is 0 Å². The number of aliphatic hydroxyl groups is 1. The number of pyridine rings is 1. The molecule has 0 spiro atoms. The molecule has 0 saturated carbocycles. The maximum absolute atomic E-state index is 10.2. The summed E-state index contributed by atoms with van der Waals surface area (Å²) in [5.41, 5.74) is 1.73. The Hall–Kier alpha value is -1.35. The SMILES string of the molecule is CC(C)(C)C(O)c1cccc2cncn12. The molecular weight excluding hydrogens is 188 g/mol. The van der Waals surface area contributed by atoms with E-state index in [1.54, 1.807) is 12.5 Å². The quantitative estimate of drug-likeness (QED) is 0.774. The van der Waals surface area contributed by atoms with Crippen LogP contribution >= 0.6 is 0 Å². The van der Waals surface area contributed by atoms with E-state index in [1.807, 2.05) is 43.4 Å². The maximum atomic E-state index is 10.2. The van der Waals surface area contributed by atoms with Crippen LogP contribution in [0.15, 0.2) is 30.7 Å². The molecule has 0 aliphatic carbocycles. The fourth-order valence-corrected chi connectivity index (χ4v) is 1.64. The van der Waals surface area contributed by atoms with E-state index in [2.05, 4.69) is 4.98 Å². The normalized spacial score (nSPS) is 14.4. The summed E-state index contributed by atoms with van der Waals surface area (Å²) in [5, 5.41) is 10.2. The molecule has 0 saturated heterocycles. The molecule has 2 heterocycles. The summed E-state index contributed by atoms with van der Waals surface area (Å²) < 4.78 is 1.93. The summed E-state index contributed by atoms with van der Waals surface area (Å²) >= 11 is 0. The van der Waals surface area contributed by atoms with Crippen LogP contribution in [0.3, 0.4) is 0 Å².